The molecule has 0 aromatic rings. The van der Waals surface area contributed by atoms with Gasteiger partial charge in [0.05, 0.1) is 12.6 Å². The zero-order chi connectivity index (χ0) is 16.2. The van der Waals surface area contributed by atoms with Gasteiger partial charge in [0.25, 0.3) is 5.91 Å². The van der Waals surface area contributed by atoms with Gasteiger partial charge in [-0.25, -0.2) is 9.69 Å². The van der Waals surface area contributed by atoms with Gasteiger partial charge < -0.3 is 18.9 Å². The van der Waals surface area contributed by atoms with Crippen LogP contribution in [-0.2, 0) is 23.7 Å². The number of ether oxygens (including phenoxy) is 4. The van der Waals surface area contributed by atoms with Crippen molar-refractivity contribution in [3.8, 4) is 0 Å². The fraction of sp³-hybridized carbons (Fsp3) is 0.857. The number of likely N-dealkylation sites (tertiary alicyclic amines) is 1. The highest BCUT2D eigenvalue weighted by molar-refractivity contribution is 6.01. The van der Waals surface area contributed by atoms with Crippen LogP contribution < -0.4 is 0 Å². The lowest BCUT2D eigenvalue weighted by molar-refractivity contribution is -0.253. The van der Waals surface area contributed by atoms with Crippen LogP contribution in [0, 0.1) is 5.92 Å². The molecule has 1 aliphatic rings. The molecule has 0 unspecified atom stereocenters. The summed E-state index contributed by atoms with van der Waals surface area (Å²) in [5.41, 5.74) is 0. The Morgan fingerprint density at radius 2 is 1.90 bits per heavy atom. The Balaban J connectivity index is 2.71. The minimum atomic E-state index is -0.889. The van der Waals surface area contributed by atoms with E-state index in [1.165, 1.54) is 14.2 Å². The van der Waals surface area contributed by atoms with Crippen LogP contribution in [-0.4, -0.2) is 62.3 Å². The van der Waals surface area contributed by atoms with Crippen LogP contribution in [0.2, 0.25) is 0 Å². The molecule has 7 heteroatoms. The van der Waals surface area contributed by atoms with Crippen LogP contribution in [0.3, 0.4) is 0 Å². The number of nitrogens with zero attached hydrogens (tertiary/aromatic N) is 1. The van der Waals surface area contributed by atoms with Crippen LogP contribution in [0.5, 0.6) is 0 Å². The monoisotopic (exact) mass is 303 g/mol. The van der Waals surface area contributed by atoms with Crippen molar-refractivity contribution in [1.82, 2.24) is 4.90 Å². The molecule has 2 amide bonds. The predicted molar refractivity (Wildman–Crippen MR) is 74.7 cm³/mol. The third-order valence-electron chi connectivity index (χ3n) is 3.38. The van der Waals surface area contributed by atoms with E-state index in [9.17, 15) is 9.59 Å². The summed E-state index contributed by atoms with van der Waals surface area (Å²) in [6.07, 6.45) is -1.36. The normalized spacial score (nSPS) is 22.4. The first-order chi connectivity index (χ1) is 9.75. The van der Waals surface area contributed by atoms with Gasteiger partial charge in [-0.3, -0.25) is 4.79 Å². The molecule has 2 atom stereocenters. The average Bonchev–Trinajstić information content (AvgIpc) is 2.41. The fourth-order valence-corrected chi connectivity index (χ4v) is 2.10. The van der Waals surface area contributed by atoms with Crippen LogP contribution in [0.1, 0.15) is 27.7 Å². The molecule has 1 heterocycles. The molecule has 0 saturated carbocycles. The Bertz CT molecular complexity index is 382. The Kier molecular flexibility index (Phi) is 6.12. The summed E-state index contributed by atoms with van der Waals surface area (Å²) in [5, 5.41) is 0. The highest BCUT2D eigenvalue weighted by atomic mass is 16.7. The molecule has 1 rings (SSSR count). The summed E-state index contributed by atoms with van der Waals surface area (Å²) in [5.74, 6) is -1.24. The molecule has 1 fully saturated rings. The van der Waals surface area contributed by atoms with Crippen LogP contribution in [0.15, 0.2) is 0 Å². The van der Waals surface area contributed by atoms with Gasteiger partial charge in [0.1, 0.15) is 6.61 Å². The van der Waals surface area contributed by atoms with Crippen molar-refractivity contribution in [2.45, 2.75) is 45.6 Å². The minimum absolute atomic E-state index is 0.0512. The number of hydrogen-bond acceptors (Lipinski definition) is 6. The molecule has 122 valence electrons. The van der Waals surface area contributed by atoms with E-state index in [0.717, 1.165) is 4.90 Å². The number of amides is 2. The zero-order valence-electron chi connectivity index (χ0n) is 13.5. The number of imide groups is 1. The molecule has 0 aliphatic carbocycles. The molecule has 0 aromatic carbocycles. The second-order valence-electron chi connectivity index (χ2n) is 5.69. The van der Waals surface area contributed by atoms with Crippen molar-refractivity contribution in [2.24, 2.45) is 5.92 Å². The first kappa shape index (κ1) is 17.9. The topological polar surface area (TPSA) is 74.3 Å². The minimum Gasteiger partial charge on any atom is -0.447 e. The maximum atomic E-state index is 12.2. The molecular formula is C14H25NO6. The second-order valence-corrected chi connectivity index (χ2v) is 5.69. The maximum Gasteiger partial charge on any atom is 0.417 e. The van der Waals surface area contributed by atoms with Crippen molar-refractivity contribution in [2.75, 3.05) is 27.4 Å². The first-order valence-corrected chi connectivity index (χ1v) is 6.97. The van der Waals surface area contributed by atoms with Gasteiger partial charge in [0.15, 0.2) is 11.9 Å². The molecule has 0 bridgehead atoms. The Morgan fingerprint density at radius 1 is 1.29 bits per heavy atom. The quantitative estimate of drug-likeness (QED) is 0.402. The lowest BCUT2D eigenvalue weighted by Gasteiger charge is -2.48. The number of β-lactam (4-membered cyclic amide) rings is 1. The maximum absolute atomic E-state index is 12.2. The van der Waals surface area contributed by atoms with Crippen molar-refractivity contribution < 1.29 is 28.5 Å². The smallest absolute Gasteiger partial charge is 0.417 e. The molecule has 1 saturated heterocycles. The van der Waals surface area contributed by atoms with E-state index in [1.807, 2.05) is 13.8 Å². The van der Waals surface area contributed by atoms with E-state index in [-0.39, 0.29) is 25.2 Å². The van der Waals surface area contributed by atoms with Crippen molar-refractivity contribution in [1.29, 1.82) is 0 Å². The average molecular weight is 303 g/mol. The number of methoxy groups -OCH3 is 2. The van der Waals surface area contributed by atoms with E-state index in [4.69, 9.17) is 18.9 Å². The van der Waals surface area contributed by atoms with Crippen LogP contribution in [0.25, 0.3) is 0 Å². The second kappa shape index (κ2) is 7.20. The van der Waals surface area contributed by atoms with E-state index in [1.54, 1.807) is 13.8 Å². The van der Waals surface area contributed by atoms with E-state index in [2.05, 4.69) is 0 Å². The van der Waals surface area contributed by atoms with Gasteiger partial charge in [-0.1, -0.05) is 13.8 Å². The standard InChI is InChI=1S/C14H25NO6/c1-9(2)10-11(21-14(3,4)19-6)12(16)15(10)13(17)20-8-7-18-5/h9-11H,7-8H2,1-6H3/t10-,11+/m1/s1. The van der Waals surface area contributed by atoms with E-state index in [0.29, 0.717) is 0 Å². The Labute approximate surface area is 125 Å². The first-order valence-electron chi connectivity index (χ1n) is 6.97. The summed E-state index contributed by atoms with van der Waals surface area (Å²) >= 11 is 0. The summed E-state index contributed by atoms with van der Waals surface area (Å²) in [7, 11) is 3.01. The molecule has 21 heavy (non-hydrogen) atoms. The number of carbonyl (C=O) groups excluding carboxylic acids is 2. The van der Waals surface area contributed by atoms with E-state index >= 15 is 0 Å². The SMILES string of the molecule is COCCOC(=O)N1C(=O)[C@@H](OC(C)(C)OC)[C@H]1C(C)C. The van der Waals surface area contributed by atoms with Gasteiger partial charge in [-0.2, -0.15) is 0 Å². The van der Waals surface area contributed by atoms with Gasteiger partial charge in [0.2, 0.25) is 0 Å². The number of hydrogen-bond donors (Lipinski definition) is 0. The van der Waals surface area contributed by atoms with Crippen molar-refractivity contribution >= 4 is 12.0 Å². The highest BCUT2D eigenvalue weighted by Crippen LogP contribution is 2.32. The van der Waals surface area contributed by atoms with Crippen molar-refractivity contribution in [3.05, 3.63) is 0 Å². The molecule has 0 N–H and O–H groups in total. The third-order valence-corrected chi connectivity index (χ3v) is 3.38. The van der Waals surface area contributed by atoms with Gasteiger partial charge in [-0.15, -0.1) is 0 Å². The molecule has 0 spiro atoms. The number of rotatable bonds is 7. The third kappa shape index (κ3) is 4.15. The van der Waals surface area contributed by atoms with Crippen LogP contribution >= 0.6 is 0 Å². The largest absolute Gasteiger partial charge is 0.447 e. The molecular weight excluding hydrogens is 278 g/mol. The summed E-state index contributed by atoms with van der Waals surface area (Å²) in [6.45, 7) is 7.68. The van der Waals surface area contributed by atoms with E-state index < -0.39 is 23.9 Å². The Hall–Kier alpha value is -1.18. The molecule has 0 aromatic heterocycles. The van der Waals surface area contributed by atoms with Crippen molar-refractivity contribution in [3.63, 3.8) is 0 Å². The predicted octanol–water partition coefficient (Wildman–Crippen LogP) is 1.40. The number of carbonyl (C=O) groups is 2. The highest BCUT2D eigenvalue weighted by Gasteiger charge is 2.55. The van der Waals surface area contributed by atoms with Gasteiger partial charge >= 0.3 is 6.09 Å². The van der Waals surface area contributed by atoms with Crippen LogP contribution in [0.4, 0.5) is 4.79 Å². The molecule has 7 nitrogen and oxygen atoms in total. The molecule has 0 radical (unpaired) electrons. The van der Waals surface area contributed by atoms with Gasteiger partial charge in [-0.05, 0) is 19.8 Å². The lowest BCUT2D eigenvalue weighted by atomic mass is 9.88. The molecule has 1 aliphatic heterocycles. The zero-order valence-corrected chi connectivity index (χ0v) is 13.5. The fourth-order valence-electron chi connectivity index (χ4n) is 2.10. The summed E-state index contributed by atoms with van der Waals surface area (Å²) < 4.78 is 20.6. The summed E-state index contributed by atoms with van der Waals surface area (Å²) in [4.78, 5) is 25.2. The van der Waals surface area contributed by atoms with Gasteiger partial charge in [0, 0.05) is 14.2 Å². The Morgan fingerprint density at radius 3 is 2.38 bits per heavy atom. The lowest BCUT2D eigenvalue weighted by Crippen LogP contribution is -2.70. The summed E-state index contributed by atoms with van der Waals surface area (Å²) in [6, 6.07) is -0.359.